The minimum Gasteiger partial charge on any atom is -0.355 e. The first-order chi connectivity index (χ1) is 11.7. The van der Waals surface area contributed by atoms with Crippen LogP contribution in [-0.4, -0.2) is 79.0 Å². The van der Waals surface area contributed by atoms with Crippen molar-refractivity contribution in [2.45, 2.75) is 44.9 Å². The Morgan fingerprint density at radius 2 is 1.38 bits per heavy atom. The van der Waals surface area contributed by atoms with Crippen molar-refractivity contribution in [3.63, 3.8) is 0 Å². The molecule has 0 saturated carbocycles. The van der Waals surface area contributed by atoms with Crippen molar-refractivity contribution in [3.8, 4) is 0 Å². The number of hydrogen-bond acceptors (Lipinski definition) is 3. The van der Waals surface area contributed by atoms with Gasteiger partial charge in [-0.3, -0.25) is 4.79 Å². The summed E-state index contributed by atoms with van der Waals surface area (Å²) in [6.45, 7) is 7.31. The number of hydrogen-bond donors (Lipinski definition) is 1. The highest BCUT2D eigenvalue weighted by molar-refractivity contribution is 5.79. The van der Waals surface area contributed by atoms with Gasteiger partial charge in [0.25, 0.3) is 0 Å². The van der Waals surface area contributed by atoms with Gasteiger partial charge in [-0.2, -0.15) is 0 Å². The second-order valence-corrected chi connectivity index (χ2v) is 7.43. The number of piperidine rings is 2. The van der Waals surface area contributed by atoms with Crippen LogP contribution in [0.5, 0.6) is 0 Å². The van der Waals surface area contributed by atoms with Gasteiger partial charge in [0.05, 0.1) is 0 Å². The fraction of sp³-hybridized carbons (Fsp3) is 0.889. The fourth-order valence-corrected chi connectivity index (χ4v) is 4.11. The van der Waals surface area contributed by atoms with Crippen LogP contribution in [-0.2, 0) is 4.79 Å². The fourth-order valence-electron chi connectivity index (χ4n) is 4.11. The quantitative estimate of drug-likeness (QED) is 0.847. The van der Waals surface area contributed by atoms with Crippen molar-refractivity contribution in [3.05, 3.63) is 0 Å². The van der Waals surface area contributed by atoms with Crippen LogP contribution in [0.4, 0.5) is 4.79 Å². The zero-order valence-corrected chi connectivity index (χ0v) is 14.8. The van der Waals surface area contributed by atoms with E-state index in [9.17, 15) is 9.59 Å². The Kier molecular flexibility index (Phi) is 6.35. The van der Waals surface area contributed by atoms with E-state index >= 15 is 0 Å². The maximum Gasteiger partial charge on any atom is 0.319 e. The molecule has 3 aliphatic rings. The van der Waals surface area contributed by atoms with Crippen LogP contribution >= 0.6 is 0 Å². The molecule has 0 atom stereocenters. The number of amides is 3. The van der Waals surface area contributed by atoms with Crippen molar-refractivity contribution < 1.29 is 9.59 Å². The first kappa shape index (κ1) is 17.5. The molecule has 0 bridgehead atoms. The highest BCUT2D eigenvalue weighted by Gasteiger charge is 2.30. The van der Waals surface area contributed by atoms with Gasteiger partial charge < -0.3 is 20.0 Å². The zero-order valence-electron chi connectivity index (χ0n) is 14.8. The standard InChI is InChI=1S/C18H32N4O2/c23-17(19-8-15-20-9-2-1-3-10-20)16-6-13-22(14-7-16)18(24)21-11-4-5-12-21/h16H,1-15H2,(H,19,23). The maximum absolute atomic E-state index is 12.4. The molecule has 0 aromatic rings. The summed E-state index contributed by atoms with van der Waals surface area (Å²) >= 11 is 0. The highest BCUT2D eigenvalue weighted by Crippen LogP contribution is 2.20. The van der Waals surface area contributed by atoms with E-state index in [1.165, 1.54) is 32.4 Å². The van der Waals surface area contributed by atoms with E-state index in [-0.39, 0.29) is 17.9 Å². The van der Waals surface area contributed by atoms with Crippen LogP contribution in [0.25, 0.3) is 0 Å². The molecule has 3 aliphatic heterocycles. The van der Waals surface area contributed by atoms with Crippen LogP contribution < -0.4 is 5.32 Å². The molecule has 3 fully saturated rings. The van der Waals surface area contributed by atoms with Crippen molar-refractivity contribution in [2.75, 3.05) is 52.4 Å². The molecule has 3 heterocycles. The predicted molar refractivity (Wildman–Crippen MR) is 93.8 cm³/mol. The van der Waals surface area contributed by atoms with E-state index < -0.39 is 0 Å². The van der Waals surface area contributed by atoms with E-state index in [1.54, 1.807) is 0 Å². The van der Waals surface area contributed by atoms with Gasteiger partial charge >= 0.3 is 6.03 Å². The molecule has 3 saturated heterocycles. The average Bonchev–Trinajstić information content (AvgIpc) is 3.17. The lowest BCUT2D eigenvalue weighted by atomic mass is 9.96. The van der Waals surface area contributed by atoms with E-state index in [1.807, 2.05) is 9.80 Å². The lowest BCUT2D eigenvalue weighted by molar-refractivity contribution is -0.126. The first-order valence-electron chi connectivity index (χ1n) is 9.78. The van der Waals surface area contributed by atoms with Crippen molar-refractivity contribution in [2.24, 2.45) is 5.92 Å². The van der Waals surface area contributed by atoms with E-state index in [4.69, 9.17) is 0 Å². The molecule has 6 nitrogen and oxygen atoms in total. The van der Waals surface area contributed by atoms with Crippen molar-refractivity contribution >= 4 is 11.9 Å². The van der Waals surface area contributed by atoms with Gasteiger partial charge in [-0.25, -0.2) is 4.79 Å². The minimum absolute atomic E-state index is 0.0778. The molecule has 24 heavy (non-hydrogen) atoms. The van der Waals surface area contributed by atoms with Gasteiger partial charge in [0.1, 0.15) is 0 Å². The highest BCUT2D eigenvalue weighted by atomic mass is 16.2. The number of carbonyl (C=O) groups excluding carboxylic acids is 2. The molecule has 6 heteroatoms. The topological polar surface area (TPSA) is 55.9 Å². The molecule has 3 amide bonds. The molecule has 0 aromatic heterocycles. The lowest BCUT2D eigenvalue weighted by Gasteiger charge is -2.34. The third-order valence-corrected chi connectivity index (χ3v) is 5.69. The number of carbonyl (C=O) groups is 2. The third kappa shape index (κ3) is 4.62. The third-order valence-electron chi connectivity index (χ3n) is 5.69. The van der Waals surface area contributed by atoms with Crippen molar-refractivity contribution in [1.29, 1.82) is 0 Å². The number of nitrogens with one attached hydrogen (secondary N) is 1. The average molecular weight is 336 g/mol. The Bertz CT molecular complexity index is 423. The summed E-state index contributed by atoms with van der Waals surface area (Å²) < 4.78 is 0. The SMILES string of the molecule is O=C(NCCN1CCCCC1)C1CCN(C(=O)N2CCCC2)CC1. The number of likely N-dealkylation sites (tertiary alicyclic amines) is 3. The van der Waals surface area contributed by atoms with E-state index in [0.29, 0.717) is 0 Å². The minimum atomic E-state index is 0.0778. The van der Waals surface area contributed by atoms with Gasteiger partial charge in [-0.05, 0) is 51.6 Å². The summed E-state index contributed by atoms with van der Waals surface area (Å²) in [4.78, 5) is 31.0. The van der Waals surface area contributed by atoms with Crippen LogP contribution in [0.15, 0.2) is 0 Å². The lowest BCUT2D eigenvalue weighted by Crippen LogP contribution is -2.48. The summed E-state index contributed by atoms with van der Waals surface area (Å²) in [7, 11) is 0. The number of urea groups is 1. The van der Waals surface area contributed by atoms with Crippen LogP contribution in [0.3, 0.4) is 0 Å². The first-order valence-corrected chi connectivity index (χ1v) is 9.78. The maximum atomic E-state index is 12.4. The Balaban J connectivity index is 1.33. The van der Waals surface area contributed by atoms with E-state index in [0.717, 1.165) is 65.0 Å². The molecule has 0 aliphatic carbocycles. The van der Waals surface area contributed by atoms with Gasteiger partial charge in [-0.1, -0.05) is 6.42 Å². The van der Waals surface area contributed by atoms with Gasteiger partial charge in [0, 0.05) is 45.2 Å². The summed E-state index contributed by atoms with van der Waals surface area (Å²) in [5.74, 6) is 0.259. The second-order valence-electron chi connectivity index (χ2n) is 7.43. The van der Waals surface area contributed by atoms with Crippen molar-refractivity contribution in [1.82, 2.24) is 20.0 Å². The number of rotatable bonds is 4. The summed E-state index contributed by atoms with van der Waals surface area (Å²) in [6.07, 6.45) is 7.78. The summed E-state index contributed by atoms with van der Waals surface area (Å²) in [5, 5.41) is 3.10. The van der Waals surface area contributed by atoms with Crippen LogP contribution in [0, 0.1) is 5.92 Å². The molecular weight excluding hydrogens is 304 g/mol. The predicted octanol–water partition coefficient (Wildman–Crippen LogP) is 1.52. The van der Waals surface area contributed by atoms with Gasteiger partial charge in [-0.15, -0.1) is 0 Å². The summed E-state index contributed by atoms with van der Waals surface area (Å²) in [6, 6.07) is 0.177. The molecule has 0 unspecified atom stereocenters. The Hall–Kier alpha value is -1.30. The molecular formula is C18H32N4O2. The van der Waals surface area contributed by atoms with Gasteiger partial charge in [0.2, 0.25) is 5.91 Å². The normalized spacial score (nSPS) is 23.5. The molecule has 0 radical (unpaired) electrons. The van der Waals surface area contributed by atoms with Crippen LogP contribution in [0.2, 0.25) is 0 Å². The molecule has 136 valence electrons. The Morgan fingerprint density at radius 3 is 2.04 bits per heavy atom. The molecule has 3 rings (SSSR count). The van der Waals surface area contributed by atoms with Crippen LogP contribution in [0.1, 0.15) is 44.9 Å². The zero-order chi connectivity index (χ0) is 16.8. The second kappa shape index (κ2) is 8.70. The molecule has 0 aromatic carbocycles. The van der Waals surface area contributed by atoms with Gasteiger partial charge in [0.15, 0.2) is 0 Å². The summed E-state index contributed by atoms with van der Waals surface area (Å²) in [5.41, 5.74) is 0. The Labute approximate surface area is 145 Å². The molecule has 1 N–H and O–H groups in total. The number of nitrogens with zero attached hydrogens (tertiary/aromatic N) is 3. The van der Waals surface area contributed by atoms with E-state index in [2.05, 4.69) is 10.2 Å². The smallest absolute Gasteiger partial charge is 0.319 e. The Morgan fingerprint density at radius 1 is 0.792 bits per heavy atom. The largest absolute Gasteiger partial charge is 0.355 e. The molecule has 0 spiro atoms. The monoisotopic (exact) mass is 336 g/mol.